The lowest BCUT2D eigenvalue weighted by Crippen LogP contribution is -2.30. The topological polar surface area (TPSA) is 66.4 Å². The summed E-state index contributed by atoms with van der Waals surface area (Å²) in [5.41, 5.74) is 0.0242. The molecule has 0 fully saturated rings. The van der Waals surface area contributed by atoms with Crippen LogP contribution in [0.15, 0.2) is 0 Å². The lowest BCUT2D eigenvalue weighted by Gasteiger charge is -2.27. The zero-order chi connectivity index (χ0) is 11.0. The Morgan fingerprint density at radius 3 is 2.64 bits per heavy atom. The first-order valence-corrected chi connectivity index (χ1v) is 4.93. The summed E-state index contributed by atoms with van der Waals surface area (Å²) in [7, 11) is 0. The number of carboxylic acids is 1. The molecule has 82 valence electrons. The fourth-order valence-electron chi connectivity index (χ4n) is 1.34. The maximum atomic E-state index is 10.3. The van der Waals surface area contributed by atoms with Gasteiger partial charge in [0.1, 0.15) is 0 Å². The first-order chi connectivity index (χ1) is 6.54. The van der Waals surface area contributed by atoms with Crippen LogP contribution in [0.1, 0.15) is 39.5 Å². The van der Waals surface area contributed by atoms with Gasteiger partial charge in [0.15, 0.2) is 0 Å². The Kier molecular flexibility index (Phi) is 5.92. The van der Waals surface area contributed by atoms with Gasteiger partial charge >= 0.3 is 5.97 Å². The van der Waals surface area contributed by atoms with Gasteiger partial charge in [0.05, 0.1) is 0 Å². The van der Waals surface area contributed by atoms with Crippen LogP contribution < -0.4 is 5.32 Å². The van der Waals surface area contributed by atoms with Gasteiger partial charge < -0.3 is 10.4 Å². The number of carbonyl (C=O) groups is 2. The molecule has 0 spiro atoms. The van der Waals surface area contributed by atoms with E-state index in [1.54, 1.807) is 0 Å². The smallest absolute Gasteiger partial charge is 0.303 e. The number of amides is 1. The van der Waals surface area contributed by atoms with Gasteiger partial charge in [-0.2, -0.15) is 0 Å². The van der Waals surface area contributed by atoms with Crippen LogP contribution in [-0.4, -0.2) is 24.0 Å². The molecule has 0 aromatic carbocycles. The summed E-state index contributed by atoms with van der Waals surface area (Å²) in [6.45, 7) is 4.73. The lowest BCUT2D eigenvalue weighted by atomic mass is 9.82. The summed E-state index contributed by atoms with van der Waals surface area (Å²) in [5, 5.41) is 11.1. The Hall–Kier alpha value is -1.06. The van der Waals surface area contributed by atoms with Gasteiger partial charge in [-0.1, -0.05) is 13.8 Å². The van der Waals surface area contributed by atoms with Gasteiger partial charge in [-0.3, -0.25) is 9.59 Å². The molecule has 0 heterocycles. The van der Waals surface area contributed by atoms with Crippen LogP contribution >= 0.6 is 0 Å². The van der Waals surface area contributed by atoms with E-state index in [-0.39, 0.29) is 11.8 Å². The molecule has 1 unspecified atom stereocenters. The Morgan fingerprint density at radius 2 is 2.21 bits per heavy atom. The highest BCUT2D eigenvalue weighted by Gasteiger charge is 2.21. The van der Waals surface area contributed by atoms with Gasteiger partial charge in [0, 0.05) is 13.0 Å². The molecule has 0 saturated carbocycles. The summed E-state index contributed by atoms with van der Waals surface area (Å²) in [4.78, 5) is 20.5. The minimum Gasteiger partial charge on any atom is -0.481 e. The molecular formula is C10H19NO3. The van der Waals surface area contributed by atoms with Crippen molar-refractivity contribution in [3.05, 3.63) is 0 Å². The number of carboxylic acid groups (broad SMARTS) is 1. The quantitative estimate of drug-likeness (QED) is 0.583. The largest absolute Gasteiger partial charge is 0.481 e. The second kappa shape index (κ2) is 6.40. The number of hydrogen-bond donors (Lipinski definition) is 2. The van der Waals surface area contributed by atoms with Crippen molar-refractivity contribution in [1.82, 2.24) is 5.32 Å². The van der Waals surface area contributed by atoms with Crippen molar-refractivity contribution in [3.63, 3.8) is 0 Å². The lowest BCUT2D eigenvalue weighted by molar-refractivity contribution is -0.137. The zero-order valence-corrected chi connectivity index (χ0v) is 8.88. The van der Waals surface area contributed by atoms with E-state index < -0.39 is 5.97 Å². The predicted molar refractivity (Wildman–Crippen MR) is 54.0 cm³/mol. The van der Waals surface area contributed by atoms with E-state index >= 15 is 0 Å². The molecule has 14 heavy (non-hydrogen) atoms. The summed E-state index contributed by atoms with van der Waals surface area (Å²) in [5.74, 6) is -0.758. The van der Waals surface area contributed by atoms with E-state index in [4.69, 9.17) is 5.11 Å². The van der Waals surface area contributed by atoms with Crippen molar-refractivity contribution in [2.75, 3.05) is 6.54 Å². The number of rotatable bonds is 8. The Bertz CT molecular complexity index is 194. The van der Waals surface area contributed by atoms with Crippen molar-refractivity contribution in [2.24, 2.45) is 5.41 Å². The molecule has 4 nitrogen and oxygen atoms in total. The number of carbonyl (C=O) groups excluding carboxylic acids is 1. The van der Waals surface area contributed by atoms with Gasteiger partial charge in [0.25, 0.3) is 0 Å². The van der Waals surface area contributed by atoms with Crippen LogP contribution in [0.5, 0.6) is 0 Å². The fraction of sp³-hybridized carbons (Fsp3) is 0.800. The van der Waals surface area contributed by atoms with E-state index in [9.17, 15) is 9.59 Å². The second-order valence-corrected chi connectivity index (χ2v) is 3.91. The molecule has 0 aliphatic heterocycles. The van der Waals surface area contributed by atoms with Crippen LogP contribution in [0.25, 0.3) is 0 Å². The molecule has 0 aromatic heterocycles. The highest BCUT2D eigenvalue weighted by molar-refractivity contribution is 5.66. The molecule has 0 saturated heterocycles. The van der Waals surface area contributed by atoms with E-state index in [0.29, 0.717) is 19.4 Å². The minimum atomic E-state index is -0.758. The molecule has 0 aliphatic carbocycles. The molecule has 1 amide bonds. The average molecular weight is 201 g/mol. The monoisotopic (exact) mass is 201 g/mol. The normalized spacial score (nSPS) is 14.4. The van der Waals surface area contributed by atoms with Gasteiger partial charge in [-0.25, -0.2) is 0 Å². The first-order valence-electron chi connectivity index (χ1n) is 4.93. The van der Waals surface area contributed by atoms with Gasteiger partial charge in [-0.15, -0.1) is 0 Å². The summed E-state index contributed by atoms with van der Waals surface area (Å²) >= 11 is 0. The number of hydrogen-bond acceptors (Lipinski definition) is 2. The minimum absolute atomic E-state index is 0.0242. The highest BCUT2D eigenvalue weighted by Crippen LogP contribution is 2.26. The predicted octanol–water partition coefficient (Wildman–Crippen LogP) is 1.40. The Balaban J connectivity index is 3.85. The van der Waals surface area contributed by atoms with E-state index in [0.717, 1.165) is 12.8 Å². The van der Waals surface area contributed by atoms with Crippen molar-refractivity contribution in [3.8, 4) is 0 Å². The van der Waals surface area contributed by atoms with E-state index in [1.807, 2.05) is 6.92 Å². The van der Waals surface area contributed by atoms with Crippen LogP contribution in [0, 0.1) is 5.41 Å². The standard InChI is InChI=1S/C10H19NO3/c1-3-10(2,7-11-8-12)6-4-5-9(13)14/h8H,3-7H2,1-2H3,(H,11,12)(H,13,14). The molecule has 2 N–H and O–H groups in total. The molecule has 0 radical (unpaired) electrons. The van der Waals surface area contributed by atoms with Gasteiger partial charge in [-0.05, 0) is 24.7 Å². The third-order valence-corrected chi connectivity index (χ3v) is 2.64. The fourth-order valence-corrected chi connectivity index (χ4v) is 1.34. The molecule has 0 aromatic rings. The van der Waals surface area contributed by atoms with Crippen molar-refractivity contribution >= 4 is 12.4 Å². The van der Waals surface area contributed by atoms with Crippen LogP contribution in [0.2, 0.25) is 0 Å². The Morgan fingerprint density at radius 1 is 1.57 bits per heavy atom. The first kappa shape index (κ1) is 12.9. The zero-order valence-electron chi connectivity index (χ0n) is 8.88. The maximum absolute atomic E-state index is 10.3. The van der Waals surface area contributed by atoms with E-state index in [1.165, 1.54) is 0 Å². The third kappa shape index (κ3) is 5.56. The maximum Gasteiger partial charge on any atom is 0.303 e. The molecule has 0 rings (SSSR count). The van der Waals surface area contributed by atoms with E-state index in [2.05, 4.69) is 12.2 Å². The highest BCUT2D eigenvalue weighted by atomic mass is 16.4. The molecule has 1 atom stereocenters. The van der Waals surface area contributed by atoms with Crippen molar-refractivity contribution in [1.29, 1.82) is 0 Å². The van der Waals surface area contributed by atoms with Crippen molar-refractivity contribution in [2.45, 2.75) is 39.5 Å². The third-order valence-electron chi connectivity index (χ3n) is 2.64. The second-order valence-electron chi connectivity index (χ2n) is 3.91. The molecule has 0 aliphatic rings. The van der Waals surface area contributed by atoms with Gasteiger partial charge in [0.2, 0.25) is 6.41 Å². The number of aliphatic carboxylic acids is 1. The summed E-state index contributed by atoms with van der Waals surface area (Å²) < 4.78 is 0. The van der Waals surface area contributed by atoms with Crippen molar-refractivity contribution < 1.29 is 14.7 Å². The van der Waals surface area contributed by atoms with Crippen LogP contribution in [0.3, 0.4) is 0 Å². The molecule has 0 bridgehead atoms. The van der Waals surface area contributed by atoms with Crippen LogP contribution in [-0.2, 0) is 9.59 Å². The number of nitrogens with one attached hydrogen (secondary N) is 1. The average Bonchev–Trinajstić information content (AvgIpc) is 2.14. The summed E-state index contributed by atoms with van der Waals surface area (Å²) in [6.07, 6.45) is 3.33. The molecule has 4 heteroatoms. The Labute approximate surface area is 84.7 Å². The van der Waals surface area contributed by atoms with Crippen LogP contribution in [0.4, 0.5) is 0 Å². The molecular weight excluding hydrogens is 182 g/mol. The SMILES string of the molecule is CCC(C)(CCCC(=O)O)CNC=O. The summed E-state index contributed by atoms with van der Waals surface area (Å²) in [6, 6.07) is 0.